The third-order valence-electron chi connectivity index (χ3n) is 6.34. The number of ether oxygens (including phenoxy) is 2. The number of nitrogens with zero attached hydrogens (tertiary/aromatic N) is 2. The van der Waals surface area contributed by atoms with Crippen molar-refractivity contribution in [2.24, 2.45) is 0 Å². The van der Waals surface area contributed by atoms with E-state index in [1.165, 1.54) is 0 Å². The van der Waals surface area contributed by atoms with Crippen LogP contribution < -0.4 is 4.74 Å². The average molecular weight is 406 g/mol. The highest BCUT2D eigenvalue weighted by Crippen LogP contribution is 2.48. The third-order valence-corrected chi connectivity index (χ3v) is 6.34. The summed E-state index contributed by atoms with van der Waals surface area (Å²) in [6, 6.07) is 15.2. The first-order valence-corrected chi connectivity index (χ1v) is 10.6. The van der Waals surface area contributed by atoms with E-state index < -0.39 is 5.92 Å². The minimum atomic E-state index is -0.440. The molecule has 1 aliphatic carbocycles. The molecule has 6 nitrogen and oxygen atoms in total. The predicted molar refractivity (Wildman–Crippen MR) is 112 cm³/mol. The summed E-state index contributed by atoms with van der Waals surface area (Å²) in [5, 5.41) is 0. The zero-order valence-corrected chi connectivity index (χ0v) is 17.1. The highest BCUT2D eigenvalue weighted by Gasteiger charge is 2.50. The van der Waals surface area contributed by atoms with Gasteiger partial charge in [0.1, 0.15) is 5.75 Å². The maximum Gasteiger partial charge on any atom is 0.254 e. The molecule has 5 rings (SSSR count). The fraction of sp³-hybridized carbons (Fsp3) is 0.417. The van der Waals surface area contributed by atoms with Crippen LogP contribution in [0.15, 0.2) is 48.5 Å². The van der Waals surface area contributed by atoms with Crippen molar-refractivity contribution in [3.05, 3.63) is 65.2 Å². The summed E-state index contributed by atoms with van der Waals surface area (Å²) in [7, 11) is 1.63. The van der Waals surface area contributed by atoms with Gasteiger partial charge in [-0.05, 0) is 42.2 Å². The standard InChI is InChI=1S/C24H26N2O4/c1-29-18-6-4-5-16(15-18)22-21(24(28)25-11-13-30-14-12-25)19-7-2-3-8-20(19)23(27)26(22)17-9-10-17/h2-8,15,17,21-22H,9-14H2,1H3. The highest BCUT2D eigenvalue weighted by molar-refractivity contribution is 6.01. The summed E-state index contributed by atoms with van der Waals surface area (Å²) < 4.78 is 10.9. The molecule has 2 heterocycles. The Balaban J connectivity index is 1.66. The minimum absolute atomic E-state index is 0.0203. The Hall–Kier alpha value is -2.86. The number of amides is 2. The minimum Gasteiger partial charge on any atom is -0.497 e. The van der Waals surface area contributed by atoms with E-state index in [2.05, 4.69) is 0 Å². The molecule has 0 spiro atoms. The normalized spacial score (nSPS) is 23.8. The Morgan fingerprint density at radius 3 is 2.57 bits per heavy atom. The molecule has 2 atom stereocenters. The van der Waals surface area contributed by atoms with Gasteiger partial charge in [0.2, 0.25) is 5.91 Å². The molecule has 2 fully saturated rings. The Morgan fingerprint density at radius 2 is 1.83 bits per heavy atom. The SMILES string of the molecule is COc1cccc(C2C(C(=O)N3CCOCC3)c3ccccc3C(=O)N2C2CC2)c1. The smallest absolute Gasteiger partial charge is 0.254 e. The Labute approximate surface area is 176 Å². The third kappa shape index (κ3) is 3.25. The lowest BCUT2D eigenvalue weighted by atomic mass is 9.78. The molecular weight excluding hydrogens is 380 g/mol. The Bertz CT molecular complexity index is 965. The quantitative estimate of drug-likeness (QED) is 0.783. The molecule has 30 heavy (non-hydrogen) atoms. The summed E-state index contributed by atoms with van der Waals surface area (Å²) in [6.07, 6.45) is 1.96. The van der Waals surface area contributed by atoms with E-state index in [-0.39, 0.29) is 23.9 Å². The molecule has 2 amide bonds. The molecule has 3 aliphatic rings. The number of hydrogen-bond acceptors (Lipinski definition) is 4. The molecule has 2 aromatic carbocycles. The molecule has 1 saturated carbocycles. The van der Waals surface area contributed by atoms with Crippen LogP contribution in [-0.2, 0) is 9.53 Å². The first-order valence-electron chi connectivity index (χ1n) is 10.6. The van der Waals surface area contributed by atoms with Gasteiger partial charge in [0, 0.05) is 24.7 Å². The van der Waals surface area contributed by atoms with Crippen LogP contribution in [0.3, 0.4) is 0 Å². The number of benzene rings is 2. The van der Waals surface area contributed by atoms with Gasteiger partial charge < -0.3 is 19.3 Å². The van der Waals surface area contributed by atoms with E-state index in [9.17, 15) is 9.59 Å². The molecule has 2 aliphatic heterocycles. The van der Waals surface area contributed by atoms with E-state index in [4.69, 9.17) is 9.47 Å². The molecule has 6 heteroatoms. The van der Waals surface area contributed by atoms with Crippen molar-refractivity contribution in [1.29, 1.82) is 0 Å². The van der Waals surface area contributed by atoms with Gasteiger partial charge in [0.25, 0.3) is 5.91 Å². The first-order chi connectivity index (χ1) is 14.7. The topological polar surface area (TPSA) is 59.1 Å². The second kappa shape index (κ2) is 7.76. The van der Waals surface area contributed by atoms with E-state index >= 15 is 0 Å². The van der Waals surface area contributed by atoms with Crippen LogP contribution >= 0.6 is 0 Å². The molecule has 2 aromatic rings. The van der Waals surface area contributed by atoms with Crippen LogP contribution in [0, 0.1) is 0 Å². The van der Waals surface area contributed by atoms with Crippen LogP contribution in [0.2, 0.25) is 0 Å². The molecule has 1 saturated heterocycles. The molecule has 0 radical (unpaired) electrons. The number of fused-ring (bicyclic) bond motifs is 1. The second-order valence-corrected chi connectivity index (χ2v) is 8.17. The van der Waals surface area contributed by atoms with Crippen molar-refractivity contribution >= 4 is 11.8 Å². The number of rotatable bonds is 4. The molecule has 156 valence electrons. The number of methoxy groups -OCH3 is 1. The lowest BCUT2D eigenvalue weighted by molar-refractivity contribution is -0.138. The molecule has 0 aromatic heterocycles. The maximum absolute atomic E-state index is 13.9. The maximum atomic E-state index is 13.9. The number of carbonyl (C=O) groups is 2. The van der Waals surface area contributed by atoms with Crippen molar-refractivity contribution in [1.82, 2.24) is 9.80 Å². The zero-order chi connectivity index (χ0) is 20.7. The molecule has 0 bridgehead atoms. The number of carbonyl (C=O) groups excluding carboxylic acids is 2. The summed E-state index contributed by atoms with van der Waals surface area (Å²) >= 11 is 0. The first kappa shape index (κ1) is 19.1. The number of morpholine rings is 1. The van der Waals surface area contributed by atoms with E-state index in [1.54, 1.807) is 7.11 Å². The van der Waals surface area contributed by atoms with Gasteiger partial charge in [-0.3, -0.25) is 9.59 Å². The van der Waals surface area contributed by atoms with Gasteiger partial charge in [0.05, 0.1) is 32.3 Å². The molecule has 2 unspecified atom stereocenters. The van der Waals surface area contributed by atoms with Crippen molar-refractivity contribution in [2.45, 2.75) is 30.8 Å². The van der Waals surface area contributed by atoms with Gasteiger partial charge >= 0.3 is 0 Å². The fourth-order valence-corrected chi connectivity index (χ4v) is 4.73. The lowest BCUT2D eigenvalue weighted by Crippen LogP contribution is -2.51. The van der Waals surface area contributed by atoms with Gasteiger partial charge in [-0.25, -0.2) is 0 Å². The molecule has 0 N–H and O–H groups in total. The van der Waals surface area contributed by atoms with Crippen LogP contribution in [-0.4, -0.2) is 61.1 Å². The zero-order valence-electron chi connectivity index (χ0n) is 17.1. The van der Waals surface area contributed by atoms with Gasteiger partial charge in [-0.2, -0.15) is 0 Å². The monoisotopic (exact) mass is 406 g/mol. The average Bonchev–Trinajstić information content (AvgIpc) is 3.64. The van der Waals surface area contributed by atoms with E-state index in [1.807, 2.05) is 58.3 Å². The fourth-order valence-electron chi connectivity index (χ4n) is 4.73. The second-order valence-electron chi connectivity index (χ2n) is 8.17. The van der Waals surface area contributed by atoms with Crippen LogP contribution in [0.5, 0.6) is 5.75 Å². The van der Waals surface area contributed by atoms with Gasteiger partial charge in [0.15, 0.2) is 0 Å². The summed E-state index contributed by atoms with van der Waals surface area (Å²) in [5.74, 6) is 0.375. The summed E-state index contributed by atoms with van der Waals surface area (Å²) in [6.45, 7) is 2.27. The Kier molecular flexibility index (Phi) is 4.95. The Morgan fingerprint density at radius 1 is 1.07 bits per heavy atom. The molecular formula is C24H26N2O4. The van der Waals surface area contributed by atoms with Crippen molar-refractivity contribution in [3.8, 4) is 5.75 Å². The van der Waals surface area contributed by atoms with Gasteiger partial charge in [-0.15, -0.1) is 0 Å². The van der Waals surface area contributed by atoms with Crippen molar-refractivity contribution in [2.75, 3.05) is 33.4 Å². The van der Waals surface area contributed by atoms with Crippen LogP contribution in [0.4, 0.5) is 0 Å². The highest BCUT2D eigenvalue weighted by atomic mass is 16.5. The predicted octanol–water partition coefficient (Wildman–Crippen LogP) is 3.00. The van der Waals surface area contributed by atoms with Crippen molar-refractivity contribution in [3.63, 3.8) is 0 Å². The van der Waals surface area contributed by atoms with E-state index in [0.29, 0.717) is 31.9 Å². The van der Waals surface area contributed by atoms with E-state index in [0.717, 1.165) is 29.7 Å². The van der Waals surface area contributed by atoms with Crippen molar-refractivity contribution < 1.29 is 19.1 Å². The summed E-state index contributed by atoms with van der Waals surface area (Å²) in [5.41, 5.74) is 2.41. The van der Waals surface area contributed by atoms with Crippen LogP contribution in [0.1, 0.15) is 46.3 Å². The number of hydrogen-bond donors (Lipinski definition) is 0. The lowest BCUT2D eigenvalue weighted by Gasteiger charge is -2.44. The van der Waals surface area contributed by atoms with Gasteiger partial charge in [-0.1, -0.05) is 30.3 Å². The van der Waals surface area contributed by atoms with Crippen LogP contribution in [0.25, 0.3) is 0 Å². The largest absolute Gasteiger partial charge is 0.497 e. The summed E-state index contributed by atoms with van der Waals surface area (Å²) in [4.78, 5) is 31.2.